The molecule has 4 nitrogen and oxygen atoms in total. The number of nitrogens with one attached hydrogen (secondary N) is 3. The van der Waals surface area contributed by atoms with Gasteiger partial charge in [0.2, 0.25) is 0 Å². The van der Waals surface area contributed by atoms with E-state index in [1.807, 2.05) is 0 Å². The van der Waals surface area contributed by atoms with Crippen molar-refractivity contribution in [1.82, 2.24) is 19.5 Å². The first-order valence-corrected chi connectivity index (χ1v) is 17.1. The Morgan fingerprint density at radius 1 is 0.381 bits per heavy atom. The van der Waals surface area contributed by atoms with E-state index >= 15 is 0 Å². The SMILES string of the molecule is CCn1c2ccc1C(CC)(CC)c1ccc([nH]1)C(CC)(CC)c1ccc([nH]1)C(CC)(CC)c1ccc([nH]1)C2(CC)CC. The van der Waals surface area contributed by atoms with Gasteiger partial charge in [-0.05, 0) is 107 Å². The number of fused-ring (bicyclic) bond motifs is 8. The molecule has 0 aliphatic carbocycles. The lowest BCUT2D eigenvalue weighted by atomic mass is 9.75. The van der Waals surface area contributed by atoms with E-state index < -0.39 is 0 Å². The molecule has 0 saturated carbocycles. The number of nitrogens with zero attached hydrogens (tertiary/aromatic N) is 1. The van der Waals surface area contributed by atoms with Crippen LogP contribution < -0.4 is 0 Å². The quantitative estimate of drug-likeness (QED) is 0.180. The van der Waals surface area contributed by atoms with E-state index in [2.05, 4.69) is 130 Å². The Morgan fingerprint density at radius 2 is 0.619 bits per heavy atom. The van der Waals surface area contributed by atoms with Gasteiger partial charge in [-0.25, -0.2) is 0 Å². The normalized spacial score (nSPS) is 18.3. The molecular weight excluding hydrogens is 512 g/mol. The van der Waals surface area contributed by atoms with Crippen molar-refractivity contribution in [3.05, 3.63) is 94.1 Å². The van der Waals surface area contributed by atoms with E-state index in [1.165, 1.54) is 45.6 Å². The number of H-pyrrole nitrogens is 3. The molecule has 0 fully saturated rings. The molecule has 42 heavy (non-hydrogen) atoms. The number of rotatable bonds is 9. The Bertz CT molecular complexity index is 1360. The number of aromatic amines is 3. The van der Waals surface area contributed by atoms with Gasteiger partial charge >= 0.3 is 0 Å². The molecule has 0 atom stereocenters. The minimum absolute atomic E-state index is 0.0780. The third-order valence-electron chi connectivity index (χ3n) is 12.3. The van der Waals surface area contributed by atoms with E-state index in [9.17, 15) is 0 Å². The van der Waals surface area contributed by atoms with Crippen molar-refractivity contribution in [1.29, 1.82) is 0 Å². The summed E-state index contributed by atoms with van der Waals surface area (Å²) in [5.74, 6) is 0. The summed E-state index contributed by atoms with van der Waals surface area (Å²) >= 11 is 0. The third kappa shape index (κ3) is 3.92. The summed E-state index contributed by atoms with van der Waals surface area (Å²) in [7, 11) is 0. The first-order chi connectivity index (χ1) is 20.3. The highest BCUT2D eigenvalue weighted by Crippen LogP contribution is 2.48. The van der Waals surface area contributed by atoms with Gasteiger partial charge in [0.1, 0.15) is 0 Å². The molecule has 5 heterocycles. The molecule has 0 saturated heterocycles. The molecule has 4 aromatic rings. The van der Waals surface area contributed by atoms with Crippen LogP contribution in [0, 0.1) is 0 Å². The molecule has 228 valence electrons. The Labute approximate surface area is 255 Å². The highest BCUT2D eigenvalue weighted by molar-refractivity contribution is 5.46. The van der Waals surface area contributed by atoms with Gasteiger partial charge in [0, 0.05) is 62.9 Å². The van der Waals surface area contributed by atoms with Crippen LogP contribution in [0.5, 0.6) is 0 Å². The molecule has 1 aliphatic rings. The number of hydrogen-bond donors (Lipinski definition) is 3. The molecule has 0 radical (unpaired) electrons. The summed E-state index contributed by atoms with van der Waals surface area (Å²) in [4.78, 5) is 12.2. The lowest BCUT2D eigenvalue weighted by Gasteiger charge is -2.37. The summed E-state index contributed by atoms with van der Waals surface area (Å²) in [6.07, 6.45) is 8.37. The number of aromatic nitrogens is 4. The minimum Gasteiger partial charge on any atom is -0.361 e. The molecule has 5 rings (SSSR count). The Kier molecular flexibility index (Phi) is 8.24. The van der Waals surface area contributed by atoms with Crippen LogP contribution >= 0.6 is 0 Å². The third-order valence-corrected chi connectivity index (χ3v) is 12.3. The average Bonchev–Trinajstić information content (AvgIpc) is 3.85. The van der Waals surface area contributed by atoms with Crippen molar-refractivity contribution < 1.29 is 0 Å². The molecule has 4 heteroatoms. The van der Waals surface area contributed by atoms with Crippen molar-refractivity contribution >= 4 is 0 Å². The summed E-state index contributed by atoms with van der Waals surface area (Å²) in [6.45, 7) is 22.2. The maximum Gasteiger partial charge on any atom is 0.0500 e. The van der Waals surface area contributed by atoms with E-state index in [0.717, 1.165) is 57.9 Å². The van der Waals surface area contributed by atoms with Crippen molar-refractivity contribution in [2.45, 2.75) is 142 Å². The topological polar surface area (TPSA) is 52.3 Å². The second kappa shape index (κ2) is 11.3. The predicted octanol–water partition coefficient (Wildman–Crippen LogP) is 10.2. The van der Waals surface area contributed by atoms with Gasteiger partial charge in [0.25, 0.3) is 0 Å². The van der Waals surface area contributed by atoms with Crippen LogP contribution in [-0.2, 0) is 28.2 Å². The average molecular weight is 569 g/mol. The molecule has 4 aromatic heterocycles. The van der Waals surface area contributed by atoms with Crippen molar-refractivity contribution in [3.8, 4) is 0 Å². The summed E-state index contributed by atoms with van der Waals surface area (Å²) in [6, 6.07) is 19.3. The van der Waals surface area contributed by atoms with Crippen molar-refractivity contribution in [3.63, 3.8) is 0 Å². The molecular formula is C38H56N4. The van der Waals surface area contributed by atoms with E-state index in [4.69, 9.17) is 0 Å². The predicted molar refractivity (Wildman–Crippen MR) is 178 cm³/mol. The molecule has 0 aromatic carbocycles. The van der Waals surface area contributed by atoms with Crippen LogP contribution in [0.2, 0.25) is 0 Å². The van der Waals surface area contributed by atoms with Crippen LogP contribution in [0.25, 0.3) is 0 Å². The Morgan fingerprint density at radius 3 is 0.833 bits per heavy atom. The maximum atomic E-state index is 4.09. The van der Waals surface area contributed by atoms with Gasteiger partial charge in [0.15, 0.2) is 0 Å². The molecule has 3 N–H and O–H groups in total. The zero-order chi connectivity index (χ0) is 30.3. The van der Waals surface area contributed by atoms with Gasteiger partial charge in [-0.2, -0.15) is 0 Å². The minimum atomic E-state index is -0.0909. The largest absolute Gasteiger partial charge is 0.361 e. The molecule has 0 unspecified atom stereocenters. The zero-order valence-electron chi connectivity index (χ0n) is 27.9. The first kappa shape index (κ1) is 30.6. The van der Waals surface area contributed by atoms with Crippen LogP contribution in [0.3, 0.4) is 0 Å². The number of hydrogen-bond acceptors (Lipinski definition) is 0. The van der Waals surface area contributed by atoms with Crippen LogP contribution in [0.15, 0.2) is 48.5 Å². The van der Waals surface area contributed by atoms with E-state index in [1.54, 1.807) is 0 Å². The summed E-state index contributed by atoms with van der Waals surface area (Å²) < 4.78 is 2.67. The van der Waals surface area contributed by atoms with Crippen LogP contribution in [0.4, 0.5) is 0 Å². The molecule has 0 spiro atoms. The zero-order valence-corrected chi connectivity index (χ0v) is 27.9. The van der Waals surface area contributed by atoms with Gasteiger partial charge in [-0.3, -0.25) is 0 Å². The smallest absolute Gasteiger partial charge is 0.0500 e. The first-order valence-electron chi connectivity index (χ1n) is 17.1. The van der Waals surface area contributed by atoms with Gasteiger partial charge in [0.05, 0.1) is 10.8 Å². The van der Waals surface area contributed by atoms with Crippen LogP contribution in [-0.4, -0.2) is 19.5 Å². The van der Waals surface area contributed by atoms with E-state index in [0.29, 0.717) is 0 Å². The Hall–Kier alpha value is -2.88. The second-order valence-corrected chi connectivity index (χ2v) is 12.9. The maximum absolute atomic E-state index is 4.09. The van der Waals surface area contributed by atoms with E-state index in [-0.39, 0.29) is 21.7 Å². The summed E-state index contributed by atoms with van der Waals surface area (Å²) in [5.41, 5.74) is 10.6. The van der Waals surface area contributed by atoms with Crippen LogP contribution in [0.1, 0.15) is 159 Å². The highest BCUT2D eigenvalue weighted by Gasteiger charge is 2.44. The van der Waals surface area contributed by atoms with Crippen molar-refractivity contribution in [2.75, 3.05) is 0 Å². The highest BCUT2D eigenvalue weighted by atomic mass is 15.0. The fourth-order valence-corrected chi connectivity index (χ4v) is 9.08. The molecule has 8 bridgehead atoms. The fraction of sp³-hybridized carbons (Fsp3) is 0.579. The summed E-state index contributed by atoms with van der Waals surface area (Å²) in [5, 5.41) is 0. The van der Waals surface area contributed by atoms with Gasteiger partial charge < -0.3 is 19.5 Å². The van der Waals surface area contributed by atoms with Gasteiger partial charge in [-0.1, -0.05) is 55.4 Å². The van der Waals surface area contributed by atoms with Crippen molar-refractivity contribution in [2.24, 2.45) is 0 Å². The Balaban J connectivity index is 1.91. The second-order valence-electron chi connectivity index (χ2n) is 12.9. The standard InChI is InChI=1S/C38H56N4/c1-10-35(11-2)27-19-20-28(39-27)36(12-3,13-4)30-22-24-32(41-30)38(16-7,17-8)34-26-25-33(42(34)18-9)37(14-5,15-6)31-23-21-29(35)40-31/h19-26,39-41H,10-18H2,1-9H3. The lowest BCUT2D eigenvalue weighted by Crippen LogP contribution is -2.35. The lowest BCUT2D eigenvalue weighted by molar-refractivity contribution is 0.389. The van der Waals surface area contributed by atoms with Gasteiger partial charge in [-0.15, -0.1) is 0 Å². The monoisotopic (exact) mass is 568 g/mol. The fourth-order valence-electron chi connectivity index (χ4n) is 9.08. The molecule has 1 aliphatic heterocycles. The molecule has 0 amide bonds.